The van der Waals surface area contributed by atoms with Crippen LogP contribution in [0.1, 0.15) is 11.3 Å². The van der Waals surface area contributed by atoms with Crippen LogP contribution in [0.2, 0.25) is 0 Å². The van der Waals surface area contributed by atoms with Gasteiger partial charge in [-0.25, -0.2) is 14.6 Å². The minimum atomic E-state index is 0.584. The van der Waals surface area contributed by atoms with E-state index in [0.29, 0.717) is 12.4 Å². The van der Waals surface area contributed by atoms with E-state index in [1.807, 2.05) is 54.1 Å². The molecule has 0 aliphatic carbocycles. The Morgan fingerprint density at radius 2 is 1.79 bits per heavy atom. The highest BCUT2D eigenvalue weighted by Gasteiger charge is 2.09. The van der Waals surface area contributed by atoms with Gasteiger partial charge >= 0.3 is 0 Å². The van der Waals surface area contributed by atoms with E-state index >= 15 is 0 Å². The van der Waals surface area contributed by atoms with Crippen LogP contribution in [0, 0.1) is 6.92 Å². The van der Waals surface area contributed by atoms with Crippen molar-refractivity contribution < 1.29 is 0 Å². The maximum atomic E-state index is 4.69. The molecule has 7 heteroatoms. The van der Waals surface area contributed by atoms with Crippen molar-refractivity contribution in [2.75, 3.05) is 5.32 Å². The first-order valence-electron chi connectivity index (χ1n) is 8.99. The van der Waals surface area contributed by atoms with Crippen LogP contribution in [-0.4, -0.2) is 29.9 Å². The van der Waals surface area contributed by atoms with Gasteiger partial charge in [0.25, 0.3) is 0 Å². The van der Waals surface area contributed by atoms with E-state index in [-0.39, 0.29) is 0 Å². The van der Waals surface area contributed by atoms with Gasteiger partial charge in [-0.15, -0.1) is 5.10 Å². The van der Waals surface area contributed by atoms with Crippen LogP contribution in [-0.2, 0) is 6.54 Å². The second-order valence-corrected chi connectivity index (χ2v) is 6.61. The van der Waals surface area contributed by atoms with Crippen LogP contribution in [0.15, 0.2) is 66.9 Å². The predicted molar refractivity (Wildman–Crippen MR) is 108 cm³/mol. The molecule has 1 N–H and O–H groups in total. The topological polar surface area (TPSA) is 81.4 Å². The quantitative estimate of drug-likeness (QED) is 0.519. The van der Waals surface area contributed by atoms with Crippen molar-refractivity contribution in [3.63, 3.8) is 0 Å². The monoisotopic (exact) mass is 367 g/mol. The molecule has 0 bridgehead atoms. The van der Waals surface area contributed by atoms with Gasteiger partial charge in [0, 0.05) is 17.3 Å². The number of nitrogens with zero attached hydrogens (tertiary/aromatic N) is 6. The van der Waals surface area contributed by atoms with Gasteiger partial charge in [0.2, 0.25) is 0 Å². The van der Waals surface area contributed by atoms with Gasteiger partial charge in [-0.2, -0.15) is 0 Å². The van der Waals surface area contributed by atoms with E-state index in [1.165, 1.54) is 0 Å². The van der Waals surface area contributed by atoms with E-state index in [4.69, 9.17) is 4.98 Å². The Morgan fingerprint density at radius 3 is 2.71 bits per heavy atom. The molecule has 0 saturated carbocycles. The van der Waals surface area contributed by atoms with Crippen molar-refractivity contribution in [1.29, 1.82) is 0 Å². The SMILES string of the molecule is Cc1cccc(Nc2ccc3nnn(Cc4ccc5ncccc5c4)c3n2)n1. The molecular formula is C21H17N7. The zero-order valence-electron chi connectivity index (χ0n) is 15.2. The van der Waals surface area contributed by atoms with Crippen LogP contribution in [0.3, 0.4) is 0 Å². The van der Waals surface area contributed by atoms with Gasteiger partial charge in [0.1, 0.15) is 17.2 Å². The van der Waals surface area contributed by atoms with Crippen LogP contribution in [0.4, 0.5) is 11.6 Å². The first kappa shape index (κ1) is 16.3. The lowest BCUT2D eigenvalue weighted by Gasteiger charge is -2.07. The summed E-state index contributed by atoms with van der Waals surface area (Å²) in [6.45, 7) is 2.54. The fraction of sp³-hybridized carbons (Fsp3) is 0.0952. The van der Waals surface area contributed by atoms with E-state index in [9.17, 15) is 0 Å². The number of pyridine rings is 3. The number of rotatable bonds is 4. The highest BCUT2D eigenvalue weighted by molar-refractivity contribution is 5.79. The summed E-state index contributed by atoms with van der Waals surface area (Å²) in [6, 6.07) is 19.8. The Balaban J connectivity index is 1.47. The number of anilines is 2. The fourth-order valence-electron chi connectivity index (χ4n) is 3.17. The molecule has 4 aromatic heterocycles. The number of hydrogen-bond acceptors (Lipinski definition) is 6. The molecule has 0 aliphatic rings. The number of nitrogens with one attached hydrogen (secondary N) is 1. The van der Waals surface area contributed by atoms with Crippen LogP contribution < -0.4 is 5.32 Å². The second kappa shape index (κ2) is 6.70. The standard InChI is InChI=1S/C21H17N7/c1-14-4-2-6-19(23-14)24-20-10-9-18-21(25-20)28(27-26-18)13-15-7-8-17-16(12-15)5-3-11-22-17/h2-12H,13H2,1H3,(H,23,24,25). The van der Waals surface area contributed by atoms with E-state index < -0.39 is 0 Å². The maximum Gasteiger partial charge on any atom is 0.180 e. The average molecular weight is 367 g/mol. The van der Waals surface area contributed by atoms with Gasteiger partial charge < -0.3 is 5.32 Å². The molecule has 28 heavy (non-hydrogen) atoms. The summed E-state index contributed by atoms with van der Waals surface area (Å²) in [4.78, 5) is 13.5. The third-order valence-electron chi connectivity index (χ3n) is 4.50. The Hall–Kier alpha value is -3.87. The molecule has 0 fully saturated rings. The summed E-state index contributed by atoms with van der Waals surface area (Å²) in [5.74, 6) is 1.46. The molecule has 0 spiro atoms. The smallest absolute Gasteiger partial charge is 0.180 e. The molecule has 7 nitrogen and oxygen atoms in total. The van der Waals surface area contributed by atoms with Crippen molar-refractivity contribution in [2.24, 2.45) is 0 Å². The van der Waals surface area contributed by atoms with Crippen molar-refractivity contribution in [2.45, 2.75) is 13.5 Å². The van der Waals surface area contributed by atoms with Gasteiger partial charge in [-0.1, -0.05) is 23.4 Å². The number of hydrogen-bond donors (Lipinski definition) is 1. The largest absolute Gasteiger partial charge is 0.325 e. The molecule has 4 heterocycles. The summed E-state index contributed by atoms with van der Waals surface area (Å²) in [5, 5.41) is 12.9. The lowest BCUT2D eigenvalue weighted by Crippen LogP contribution is -2.04. The minimum Gasteiger partial charge on any atom is -0.325 e. The average Bonchev–Trinajstić information content (AvgIpc) is 3.10. The molecule has 5 aromatic rings. The van der Waals surface area contributed by atoms with Crippen molar-refractivity contribution in [3.8, 4) is 0 Å². The molecule has 0 amide bonds. The number of fused-ring (bicyclic) bond motifs is 2. The molecule has 0 saturated heterocycles. The number of aryl methyl sites for hydroxylation is 1. The molecule has 0 unspecified atom stereocenters. The summed E-state index contributed by atoms with van der Waals surface area (Å²) in [6.07, 6.45) is 1.80. The third kappa shape index (κ3) is 3.14. The lowest BCUT2D eigenvalue weighted by molar-refractivity contribution is 0.665. The van der Waals surface area contributed by atoms with Crippen molar-refractivity contribution >= 4 is 33.7 Å². The summed E-state index contributed by atoms with van der Waals surface area (Å²) in [5.41, 5.74) is 4.52. The molecule has 5 rings (SSSR count). The fourth-order valence-corrected chi connectivity index (χ4v) is 3.17. The molecule has 1 aromatic carbocycles. The molecule has 0 radical (unpaired) electrons. The molecule has 136 valence electrons. The minimum absolute atomic E-state index is 0.584. The Kier molecular flexibility index (Phi) is 3.90. The first-order chi connectivity index (χ1) is 13.7. The van der Waals surface area contributed by atoms with Gasteiger partial charge in [-0.3, -0.25) is 4.98 Å². The Morgan fingerprint density at radius 1 is 0.893 bits per heavy atom. The second-order valence-electron chi connectivity index (χ2n) is 6.61. The Labute approximate surface area is 161 Å². The highest BCUT2D eigenvalue weighted by atomic mass is 15.4. The molecule has 0 aliphatic heterocycles. The zero-order chi connectivity index (χ0) is 18.9. The normalized spacial score (nSPS) is 11.2. The molecular weight excluding hydrogens is 350 g/mol. The van der Waals surface area contributed by atoms with Gasteiger partial charge in [0.05, 0.1) is 12.1 Å². The van der Waals surface area contributed by atoms with Gasteiger partial charge in [0.15, 0.2) is 5.65 Å². The summed E-state index contributed by atoms with van der Waals surface area (Å²) >= 11 is 0. The van der Waals surface area contributed by atoms with Gasteiger partial charge in [-0.05, 0) is 55.0 Å². The lowest BCUT2D eigenvalue weighted by atomic mass is 10.1. The van der Waals surface area contributed by atoms with E-state index in [2.05, 4.69) is 43.8 Å². The first-order valence-corrected chi connectivity index (χ1v) is 8.99. The van der Waals surface area contributed by atoms with Crippen molar-refractivity contribution in [3.05, 3.63) is 78.1 Å². The third-order valence-corrected chi connectivity index (χ3v) is 4.50. The maximum absolute atomic E-state index is 4.69. The number of aromatic nitrogens is 6. The van der Waals surface area contributed by atoms with E-state index in [1.54, 1.807) is 6.20 Å². The number of benzene rings is 1. The van der Waals surface area contributed by atoms with Crippen LogP contribution in [0.5, 0.6) is 0 Å². The highest BCUT2D eigenvalue weighted by Crippen LogP contribution is 2.19. The van der Waals surface area contributed by atoms with E-state index in [0.717, 1.165) is 39.1 Å². The van der Waals surface area contributed by atoms with Crippen molar-refractivity contribution in [1.82, 2.24) is 29.9 Å². The zero-order valence-corrected chi connectivity index (χ0v) is 15.2. The summed E-state index contributed by atoms with van der Waals surface area (Å²) < 4.78 is 1.81. The summed E-state index contributed by atoms with van der Waals surface area (Å²) in [7, 11) is 0. The predicted octanol–water partition coefficient (Wildman–Crippen LogP) is 3.87. The van der Waals surface area contributed by atoms with Crippen LogP contribution >= 0.6 is 0 Å². The Bertz CT molecular complexity index is 1290. The molecule has 0 atom stereocenters. The van der Waals surface area contributed by atoms with Crippen LogP contribution in [0.25, 0.3) is 22.1 Å².